The van der Waals surface area contributed by atoms with Gasteiger partial charge < -0.3 is 15.1 Å². The van der Waals surface area contributed by atoms with Gasteiger partial charge in [0.15, 0.2) is 5.76 Å². The van der Waals surface area contributed by atoms with Crippen molar-refractivity contribution in [1.82, 2.24) is 10.6 Å². The van der Waals surface area contributed by atoms with Gasteiger partial charge in [-0.2, -0.15) is 0 Å². The first-order valence-corrected chi connectivity index (χ1v) is 7.22. The van der Waals surface area contributed by atoms with E-state index >= 15 is 0 Å². The molecule has 5 nitrogen and oxygen atoms in total. The molecule has 1 aromatic carbocycles. The van der Waals surface area contributed by atoms with Crippen molar-refractivity contribution >= 4 is 27.7 Å². The van der Waals surface area contributed by atoms with Crippen LogP contribution in [0.4, 0.5) is 0 Å². The van der Waals surface area contributed by atoms with E-state index in [2.05, 4.69) is 26.6 Å². The van der Waals surface area contributed by atoms with Crippen molar-refractivity contribution < 1.29 is 14.0 Å². The second-order valence-corrected chi connectivity index (χ2v) is 5.33. The number of amides is 2. The van der Waals surface area contributed by atoms with Crippen LogP contribution < -0.4 is 10.6 Å². The van der Waals surface area contributed by atoms with E-state index in [4.69, 9.17) is 4.42 Å². The smallest absolute Gasteiger partial charge is 0.287 e. The first-order valence-electron chi connectivity index (χ1n) is 6.43. The fourth-order valence-corrected chi connectivity index (χ4v) is 2.48. The largest absolute Gasteiger partial charge is 0.459 e. The van der Waals surface area contributed by atoms with Crippen LogP contribution in [-0.4, -0.2) is 18.4 Å². The Morgan fingerprint density at radius 2 is 2.00 bits per heavy atom. The van der Waals surface area contributed by atoms with Crippen molar-refractivity contribution in [3.63, 3.8) is 0 Å². The summed E-state index contributed by atoms with van der Waals surface area (Å²) >= 11 is 3.44. The molecule has 0 bridgehead atoms. The third-order valence-electron chi connectivity index (χ3n) is 2.90. The van der Waals surface area contributed by atoms with E-state index in [1.807, 2.05) is 31.2 Å². The Hall–Kier alpha value is -2.08. The van der Waals surface area contributed by atoms with E-state index in [-0.39, 0.29) is 24.3 Å². The van der Waals surface area contributed by atoms with Gasteiger partial charge in [0.1, 0.15) is 0 Å². The van der Waals surface area contributed by atoms with E-state index in [1.165, 1.54) is 12.3 Å². The van der Waals surface area contributed by atoms with Gasteiger partial charge in [-0.05, 0) is 30.7 Å². The highest BCUT2D eigenvalue weighted by molar-refractivity contribution is 9.10. The third kappa shape index (κ3) is 4.19. The first-order chi connectivity index (χ1) is 10.1. The molecule has 0 aliphatic heterocycles. The number of halogens is 1. The molecule has 0 aliphatic carbocycles. The average molecular weight is 351 g/mol. The Balaban J connectivity index is 1.85. The number of hydrogen-bond donors (Lipinski definition) is 2. The maximum atomic E-state index is 11.8. The molecule has 0 unspecified atom stereocenters. The summed E-state index contributed by atoms with van der Waals surface area (Å²) in [4.78, 5) is 23.5. The van der Waals surface area contributed by atoms with Crippen molar-refractivity contribution in [2.75, 3.05) is 6.54 Å². The Bertz CT molecular complexity index is 626. The molecule has 1 heterocycles. The number of furan rings is 1. The van der Waals surface area contributed by atoms with Gasteiger partial charge in [0.2, 0.25) is 5.91 Å². The number of hydrogen-bond acceptors (Lipinski definition) is 3. The van der Waals surface area contributed by atoms with Gasteiger partial charge in [-0.1, -0.05) is 34.1 Å². The zero-order valence-corrected chi connectivity index (χ0v) is 13.0. The normalized spacial score (nSPS) is 11.7. The van der Waals surface area contributed by atoms with E-state index in [0.29, 0.717) is 0 Å². The maximum Gasteiger partial charge on any atom is 0.287 e. The average Bonchev–Trinajstić information content (AvgIpc) is 2.99. The SMILES string of the molecule is C[C@@H](NC(=O)CNC(=O)c1ccco1)c1ccccc1Br. The summed E-state index contributed by atoms with van der Waals surface area (Å²) in [5.41, 5.74) is 0.975. The molecule has 2 aromatic rings. The molecular weight excluding hydrogens is 336 g/mol. The Morgan fingerprint density at radius 1 is 1.24 bits per heavy atom. The van der Waals surface area contributed by atoms with E-state index in [9.17, 15) is 9.59 Å². The maximum absolute atomic E-state index is 11.8. The van der Waals surface area contributed by atoms with E-state index in [1.54, 1.807) is 6.07 Å². The molecule has 21 heavy (non-hydrogen) atoms. The van der Waals surface area contributed by atoms with Gasteiger partial charge in [0.25, 0.3) is 5.91 Å². The predicted octanol–water partition coefficient (Wildman–Crippen LogP) is 2.65. The van der Waals surface area contributed by atoms with Crippen molar-refractivity contribution in [2.24, 2.45) is 0 Å². The molecule has 2 rings (SSSR count). The molecule has 0 radical (unpaired) electrons. The molecule has 0 aliphatic rings. The van der Waals surface area contributed by atoms with Gasteiger partial charge in [-0.3, -0.25) is 9.59 Å². The van der Waals surface area contributed by atoms with Crippen LogP contribution in [0.3, 0.4) is 0 Å². The second kappa shape index (κ2) is 7.08. The van der Waals surface area contributed by atoms with Crippen LogP contribution >= 0.6 is 15.9 Å². The summed E-state index contributed by atoms with van der Waals surface area (Å²) < 4.78 is 5.87. The summed E-state index contributed by atoms with van der Waals surface area (Å²) in [6.07, 6.45) is 1.41. The van der Waals surface area contributed by atoms with Gasteiger partial charge in [-0.15, -0.1) is 0 Å². The van der Waals surface area contributed by atoms with Crippen LogP contribution in [0.25, 0.3) is 0 Å². The Morgan fingerprint density at radius 3 is 2.67 bits per heavy atom. The lowest BCUT2D eigenvalue weighted by Gasteiger charge is -2.16. The Kier molecular flexibility index (Phi) is 5.16. The summed E-state index contributed by atoms with van der Waals surface area (Å²) in [7, 11) is 0. The standard InChI is InChI=1S/C15H15BrN2O3/c1-10(11-5-2-3-6-12(11)16)18-14(19)9-17-15(20)13-7-4-8-21-13/h2-8,10H,9H2,1H3,(H,17,20)(H,18,19)/t10-/m1/s1. The summed E-state index contributed by atoms with van der Waals surface area (Å²) in [6.45, 7) is 1.78. The molecule has 2 N–H and O–H groups in total. The van der Waals surface area contributed by atoms with Crippen LogP contribution in [0.1, 0.15) is 29.1 Å². The lowest BCUT2D eigenvalue weighted by molar-refractivity contribution is -0.120. The second-order valence-electron chi connectivity index (χ2n) is 4.47. The molecular formula is C15H15BrN2O3. The molecule has 0 saturated heterocycles. The van der Waals surface area contributed by atoms with Crippen molar-refractivity contribution in [2.45, 2.75) is 13.0 Å². The molecule has 110 valence electrons. The quantitative estimate of drug-likeness (QED) is 0.870. The monoisotopic (exact) mass is 350 g/mol. The summed E-state index contributed by atoms with van der Waals surface area (Å²) in [5, 5.41) is 5.32. The van der Waals surface area contributed by atoms with Gasteiger partial charge >= 0.3 is 0 Å². The number of rotatable bonds is 5. The highest BCUT2D eigenvalue weighted by atomic mass is 79.9. The molecule has 0 fully saturated rings. The van der Waals surface area contributed by atoms with Gasteiger partial charge in [-0.25, -0.2) is 0 Å². The first kappa shape index (κ1) is 15.3. The van der Waals surface area contributed by atoms with E-state index in [0.717, 1.165) is 10.0 Å². The van der Waals surface area contributed by atoms with Gasteiger partial charge in [0.05, 0.1) is 18.8 Å². The van der Waals surface area contributed by atoms with Crippen LogP contribution in [0.15, 0.2) is 51.6 Å². The summed E-state index contributed by atoms with van der Waals surface area (Å²) in [5.74, 6) is -0.497. The van der Waals surface area contributed by atoms with E-state index < -0.39 is 5.91 Å². The van der Waals surface area contributed by atoms with Crippen LogP contribution in [0.2, 0.25) is 0 Å². The highest BCUT2D eigenvalue weighted by Crippen LogP contribution is 2.22. The molecule has 0 spiro atoms. The molecule has 1 aromatic heterocycles. The minimum Gasteiger partial charge on any atom is -0.459 e. The fourth-order valence-electron chi connectivity index (χ4n) is 1.85. The third-order valence-corrected chi connectivity index (χ3v) is 3.63. The fraction of sp³-hybridized carbons (Fsp3) is 0.200. The van der Waals surface area contributed by atoms with Crippen LogP contribution in [-0.2, 0) is 4.79 Å². The van der Waals surface area contributed by atoms with Crippen LogP contribution in [0.5, 0.6) is 0 Å². The summed E-state index contributed by atoms with van der Waals surface area (Å²) in [6, 6.07) is 10.6. The topological polar surface area (TPSA) is 71.3 Å². The number of carbonyl (C=O) groups excluding carboxylic acids is 2. The number of nitrogens with one attached hydrogen (secondary N) is 2. The molecule has 1 atom stereocenters. The molecule has 6 heteroatoms. The zero-order valence-electron chi connectivity index (χ0n) is 11.4. The number of benzene rings is 1. The number of carbonyl (C=O) groups is 2. The van der Waals surface area contributed by atoms with Crippen molar-refractivity contribution in [3.8, 4) is 0 Å². The lowest BCUT2D eigenvalue weighted by Crippen LogP contribution is -2.38. The minimum atomic E-state index is -0.413. The minimum absolute atomic E-state index is 0.103. The van der Waals surface area contributed by atoms with Crippen molar-refractivity contribution in [3.05, 3.63) is 58.5 Å². The lowest BCUT2D eigenvalue weighted by atomic mass is 10.1. The van der Waals surface area contributed by atoms with Crippen LogP contribution in [0, 0.1) is 0 Å². The molecule has 0 saturated carbocycles. The zero-order chi connectivity index (χ0) is 15.2. The molecule has 2 amide bonds. The Labute approximate surface area is 130 Å². The van der Waals surface area contributed by atoms with Gasteiger partial charge in [0, 0.05) is 4.47 Å². The predicted molar refractivity (Wildman–Crippen MR) is 81.7 cm³/mol. The van der Waals surface area contributed by atoms with Crippen molar-refractivity contribution in [1.29, 1.82) is 0 Å². The highest BCUT2D eigenvalue weighted by Gasteiger charge is 2.14.